The molecule has 0 aromatic heterocycles. The van der Waals surface area contributed by atoms with Crippen molar-refractivity contribution in [3.8, 4) is 11.5 Å². The van der Waals surface area contributed by atoms with Crippen LogP contribution in [0.2, 0.25) is 0 Å². The number of aliphatic hydroxyl groups excluding tert-OH is 1. The zero-order valence-electron chi connectivity index (χ0n) is 14.9. The Morgan fingerprint density at radius 2 is 1.67 bits per heavy atom. The lowest BCUT2D eigenvalue weighted by molar-refractivity contribution is 0.170. The topological polar surface area (TPSA) is 50.7 Å². The Hall–Kier alpha value is -2.04. The van der Waals surface area contributed by atoms with Gasteiger partial charge in [0.15, 0.2) is 11.5 Å². The van der Waals surface area contributed by atoms with Gasteiger partial charge in [0.2, 0.25) is 0 Å². The highest BCUT2D eigenvalue weighted by atomic mass is 16.5. The van der Waals surface area contributed by atoms with Crippen LogP contribution in [0.5, 0.6) is 11.5 Å². The van der Waals surface area contributed by atoms with E-state index >= 15 is 0 Å². The van der Waals surface area contributed by atoms with Gasteiger partial charge >= 0.3 is 0 Å². The standard InChI is InChI=1S/C20H27NO3/c1-14-5-8-17(9-6-14)18(22)13-21-15(2)11-16-7-10-19(23-3)20(12-16)24-4/h5-10,12,15,18,21-22H,11,13H2,1-4H3/t15?,18-/m0/s1. The van der Waals surface area contributed by atoms with Crippen LogP contribution < -0.4 is 14.8 Å². The number of rotatable bonds is 8. The van der Waals surface area contributed by atoms with Crippen molar-refractivity contribution in [2.75, 3.05) is 20.8 Å². The second-order valence-corrected chi connectivity index (χ2v) is 6.13. The van der Waals surface area contributed by atoms with Crippen molar-refractivity contribution >= 4 is 0 Å². The smallest absolute Gasteiger partial charge is 0.160 e. The summed E-state index contributed by atoms with van der Waals surface area (Å²) in [4.78, 5) is 0. The van der Waals surface area contributed by atoms with E-state index in [4.69, 9.17) is 9.47 Å². The fourth-order valence-electron chi connectivity index (χ4n) is 2.65. The number of benzene rings is 2. The Balaban J connectivity index is 1.88. The molecular formula is C20H27NO3. The molecule has 0 spiro atoms. The van der Waals surface area contributed by atoms with E-state index < -0.39 is 6.10 Å². The van der Waals surface area contributed by atoms with Crippen molar-refractivity contribution in [2.45, 2.75) is 32.4 Å². The maximum Gasteiger partial charge on any atom is 0.160 e. The lowest BCUT2D eigenvalue weighted by Gasteiger charge is -2.18. The average molecular weight is 329 g/mol. The maximum absolute atomic E-state index is 10.3. The molecule has 0 bridgehead atoms. The van der Waals surface area contributed by atoms with E-state index in [0.29, 0.717) is 6.54 Å². The van der Waals surface area contributed by atoms with Crippen LogP contribution in [0.1, 0.15) is 29.7 Å². The molecule has 1 unspecified atom stereocenters. The molecule has 0 heterocycles. The van der Waals surface area contributed by atoms with Gasteiger partial charge in [-0.2, -0.15) is 0 Å². The number of methoxy groups -OCH3 is 2. The molecule has 2 atom stereocenters. The zero-order chi connectivity index (χ0) is 17.5. The van der Waals surface area contributed by atoms with Crippen LogP contribution in [0, 0.1) is 6.92 Å². The summed E-state index contributed by atoms with van der Waals surface area (Å²) in [6, 6.07) is 14.2. The minimum Gasteiger partial charge on any atom is -0.493 e. The summed E-state index contributed by atoms with van der Waals surface area (Å²) in [5, 5.41) is 13.7. The van der Waals surface area contributed by atoms with Crippen LogP contribution in [-0.4, -0.2) is 31.9 Å². The summed E-state index contributed by atoms with van der Waals surface area (Å²) in [6.07, 6.45) is 0.347. The summed E-state index contributed by atoms with van der Waals surface area (Å²) in [6.45, 7) is 4.68. The Bertz CT molecular complexity index is 640. The number of aryl methyl sites for hydroxylation is 1. The van der Waals surface area contributed by atoms with Gasteiger partial charge in [-0.05, 0) is 43.5 Å². The average Bonchev–Trinajstić information content (AvgIpc) is 2.60. The molecule has 0 amide bonds. The minimum atomic E-state index is -0.501. The number of aliphatic hydroxyl groups is 1. The highest BCUT2D eigenvalue weighted by Crippen LogP contribution is 2.28. The molecule has 0 aliphatic carbocycles. The lowest BCUT2D eigenvalue weighted by Crippen LogP contribution is -2.32. The first-order chi connectivity index (χ1) is 11.5. The Morgan fingerprint density at radius 1 is 1.00 bits per heavy atom. The van der Waals surface area contributed by atoms with E-state index in [1.807, 2.05) is 49.4 Å². The first-order valence-electron chi connectivity index (χ1n) is 8.22. The Morgan fingerprint density at radius 3 is 2.29 bits per heavy atom. The molecular weight excluding hydrogens is 302 g/mol. The van der Waals surface area contributed by atoms with Gasteiger partial charge < -0.3 is 19.9 Å². The Labute approximate surface area is 144 Å². The van der Waals surface area contributed by atoms with E-state index in [9.17, 15) is 5.11 Å². The largest absolute Gasteiger partial charge is 0.493 e. The van der Waals surface area contributed by atoms with Crippen molar-refractivity contribution in [2.24, 2.45) is 0 Å². The molecule has 2 rings (SSSR count). The predicted molar refractivity (Wildman–Crippen MR) is 96.9 cm³/mol. The van der Waals surface area contributed by atoms with E-state index in [1.165, 1.54) is 5.56 Å². The summed E-state index contributed by atoms with van der Waals surface area (Å²) in [5.41, 5.74) is 3.30. The molecule has 2 aromatic carbocycles. The third-order valence-electron chi connectivity index (χ3n) is 4.11. The van der Waals surface area contributed by atoms with Crippen LogP contribution >= 0.6 is 0 Å². The molecule has 0 radical (unpaired) electrons. The SMILES string of the molecule is COc1ccc(CC(C)NC[C@H](O)c2ccc(C)cc2)cc1OC. The van der Waals surface area contributed by atoms with Gasteiger partial charge in [0.05, 0.1) is 20.3 Å². The van der Waals surface area contributed by atoms with E-state index in [2.05, 4.69) is 12.2 Å². The van der Waals surface area contributed by atoms with Crippen molar-refractivity contribution in [1.29, 1.82) is 0 Å². The normalized spacial score (nSPS) is 13.4. The van der Waals surface area contributed by atoms with Gasteiger partial charge in [-0.15, -0.1) is 0 Å². The molecule has 0 fully saturated rings. The molecule has 2 aromatic rings. The summed E-state index contributed by atoms with van der Waals surface area (Å²) >= 11 is 0. The number of hydrogen-bond donors (Lipinski definition) is 2. The molecule has 0 saturated carbocycles. The van der Waals surface area contributed by atoms with Crippen LogP contribution in [0.3, 0.4) is 0 Å². The van der Waals surface area contributed by atoms with Crippen LogP contribution in [0.15, 0.2) is 42.5 Å². The van der Waals surface area contributed by atoms with Gasteiger partial charge in [0.25, 0.3) is 0 Å². The fraction of sp³-hybridized carbons (Fsp3) is 0.400. The third-order valence-corrected chi connectivity index (χ3v) is 4.11. The van der Waals surface area contributed by atoms with Gasteiger partial charge in [-0.25, -0.2) is 0 Å². The maximum atomic E-state index is 10.3. The van der Waals surface area contributed by atoms with Crippen molar-refractivity contribution in [3.05, 3.63) is 59.2 Å². The molecule has 4 nitrogen and oxygen atoms in total. The summed E-state index contributed by atoms with van der Waals surface area (Å²) < 4.78 is 10.6. The predicted octanol–water partition coefficient (Wildman–Crippen LogP) is 3.27. The van der Waals surface area contributed by atoms with Gasteiger partial charge in [-0.1, -0.05) is 35.9 Å². The molecule has 4 heteroatoms. The van der Waals surface area contributed by atoms with E-state index in [1.54, 1.807) is 14.2 Å². The quantitative estimate of drug-likeness (QED) is 0.780. The minimum absolute atomic E-state index is 0.239. The second kappa shape index (κ2) is 8.71. The first-order valence-corrected chi connectivity index (χ1v) is 8.22. The number of nitrogens with one attached hydrogen (secondary N) is 1. The van der Waals surface area contributed by atoms with Crippen molar-refractivity contribution in [1.82, 2.24) is 5.32 Å². The highest BCUT2D eigenvalue weighted by molar-refractivity contribution is 5.43. The van der Waals surface area contributed by atoms with Crippen LogP contribution in [0.25, 0.3) is 0 Å². The van der Waals surface area contributed by atoms with Crippen molar-refractivity contribution < 1.29 is 14.6 Å². The van der Waals surface area contributed by atoms with E-state index in [0.717, 1.165) is 29.0 Å². The lowest BCUT2D eigenvalue weighted by atomic mass is 10.0. The van der Waals surface area contributed by atoms with Gasteiger partial charge in [-0.3, -0.25) is 0 Å². The van der Waals surface area contributed by atoms with E-state index in [-0.39, 0.29) is 6.04 Å². The van der Waals surface area contributed by atoms with Crippen LogP contribution in [0.4, 0.5) is 0 Å². The van der Waals surface area contributed by atoms with Crippen molar-refractivity contribution in [3.63, 3.8) is 0 Å². The second-order valence-electron chi connectivity index (χ2n) is 6.13. The molecule has 24 heavy (non-hydrogen) atoms. The highest BCUT2D eigenvalue weighted by Gasteiger charge is 2.11. The first kappa shape index (κ1) is 18.3. The summed E-state index contributed by atoms with van der Waals surface area (Å²) in [5.74, 6) is 1.47. The van der Waals surface area contributed by atoms with Gasteiger partial charge in [0.1, 0.15) is 0 Å². The molecule has 0 aliphatic rings. The number of hydrogen-bond acceptors (Lipinski definition) is 4. The molecule has 2 N–H and O–H groups in total. The van der Waals surface area contributed by atoms with Gasteiger partial charge in [0, 0.05) is 12.6 Å². The summed E-state index contributed by atoms with van der Waals surface area (Å²) in [7, 11) is 3.27. The Kier molecular flexibility index (Phi) is 6.64. The fourth-order valence-corrected chi connectivity index (χ4v) is 2.65. The molecule has 130 valence electrons. The third kappa shape index (κ3) is 4.98. The monoisotopic (exact) mass is 329 g/mol. The number of ether oxygens (including phenoxy) is 2. The molecule has 0 saturated heterocycles. The zero-order valence-corrected chi connectivity index (χ0v) is 14.9. The molecule has 0 aliphatic heterocycles. The van der Waals surface area contributed by atoms with Crippen LogP contribution in [-0.2, 0) is 6.42 Å².